The highest BCUT2D eigenvalue weighted by atomic mass is 16.3. The van der Waals surface area contributed by atoms with Crippen LogP contribution in [0.5, 0.6) is 0 Å². The summed E-state index contributed by atoms with van der Waals surface area (Å²) in [6, 6.07) is 1.91. The fraction of sp³-hybridized carbons (Fsp3) is 0.714. The SMILES string of the molecule is CCCc1nc(NC)cc(NCC(C)(C)CCO)n1. The van der Waals surface area contributed by atoms with Crippen LogP contribution in [0.25, 0.3) is 0 Å². The average Bonchev–Trinajstić information content (AvgIpc) is 2.36. The molecule has 19 heavy (non-hydrogen) atoms. The first kappa shape index (κ1) is 15.7. The molecule has 0 bridgehead atoms. The maximum atomic E-state index is 9.03. The van der Waals surface area contributed by atoms with Gasteiger partial charge < -0.3 is 15.7 Å². The second-order valence-corrected chi connectivity index (χ2v) is 5.55. The predicted octanol–water partition coefficient (Wildman–Crippen LogP) is 2.29. The van der Waals surface area contributed by atoms with E-state index >= 15 is 0 Å². The fourth-order valence-electron chi connectivity index (χ4n) is 1.77. The second kappa shape index (κ2) is 7.28. The van der Waals surface area contributed by atoms with Crippen molar-refractivity contribution in [2.45, 2.75) is 40.0 Å². The Morgan fingerprint density at radius 1 is 1.26 bits per heavy atom. The number of aryl methyl sites for hydroxylation is 1. The van der Waals surface area contributed by atoms with Crippen LogP contribution in [0.3, 0.4) is 0 Å². The Morgan fingerprint density at radius 2 is 1.95 bits per heavy atom. The van der Waals surface area contributed by atoms with Gasteiger partial charge in [-0.2, -0.15) is 0 Å². The van der Waals surface area contributed by atoms with Gasteiger partial charge in [-0.1, -0.05) is 20.8 Å². The van der Waals surface area contributed by atoms with E-state index < -0.39 is 0 Å². The number of hydrogen-bond donors (Lipinski definition) is 3. The van der Waals surface area contributed by atoms with E-state index in [-0.39, 0.29) is 12.0 Å². The highest BCUT2D eigenvalue weighted by Gasteiger charge is 2.17. The number of aromatic nitrogens is 2. The van der Waals surface area contributed by atoms with Crippen LogP contribution >= 0.6 is 0 Å². The lowest BCUT2D eigenvalue weighted by Crippen LogP contribution is -2.24. The first-order valence-corrected chi connectivity index (χ1v) is 6.91. The number of aliphatic hydroxyl groups is 1. The molecule has 0 atom stereocenters. The highest BCUT2D eigenvalue weighted by Crippen LogP contribution is 2.21. The maximum absolute atomic E-state index is 9.03. The number of aliphatic hydroxyl groups excluding tert-OH is 1. The molecule has 0 aliphatic carbocycles. The molecule has 3 N–H and O–H groups in total. The van der Waals surface area contributed by atoms with E-state index in [1.807, 2.05) is 13.1 Å². The lowest BCUT2D eigenvalue weighted by Gasteiger charge is -2.24. The summed E-state index contributed by atoms with van der Waals surface area (Å²) in [5, 5.41) is 15.4. The van der Waals surface area contributed by atoms with Crippen molar-refractivity contribution in [3.8, 4) is 0 Å². The van der Waals surface area contributed by atoms with Crippen molar-refractivity contribution in [2.24, 2.45) is 5.41 Å². The number of nitrogens with zero attached hydrogens (tertiary/aromatic N) is 2. The van der Waals surface area contributed by atoms with Gasteiger partial charge in [-0.3, -0.25) is 0 Å². The molecule has 1 rings (SSSR count). The summed E-state index contributed by atoms with van der Waals surface area (Å²) in [6.45, 7) is 7.36. The summed E-state index contributed by atoms with van der Waals surface area (Å²) in [6.07, 6.45) is 2.68. The molecule has 0 unspecified atom stereocenters. The van der Waals surface area contributed by atoms with Crippen molar-refractivity contribution in [3.05, 3.63) is 11.9 Å². The molecule has 1 heterocycles. The third kappa shape index (κ3) is 5.42. The highest BCUT2D eigenvalue weighted by molar-refractivity contribution is 5.47. The summed E-state index contributed by atoms with van der Waals surface area (Å²) in [5.74, 6) is 2.53. The first-order chi connectivity index (χ1) is 9.00. The summed E-state index contributed by atoms with van der Waals surface area (Å²) in [4.78, 5) is 8.93. The molecular formula is C14H26N4O. The predicted molar refractivity (Wildman–Crippen MR) is 79.5 cm³/mol. The zero-order valence-electron chi connectivity index (χ0n) is 12.5. The Balaban J connectivity index is 2.74. The minimum absolute atomic E-state index is 0.0461. The Hall–Kier alpha value is -1.36. The third-order valence-corrected chi connectivity index (χ3v) is 3.04. The standard InChI is InChI=1S/C14H26N4O/c1-5-6-11-17-12(15-4)9-13(18-11)16-10-14(2,3)7-8-19/h9,19H,5-8,10H2,1-4H3,(H2,15,16,17,18). The van der Waals surface area contributed by atoms with Gasteiger partial charge in [0.2, 0.25) is 0 Å². The van der Waals surface area contributed by atoms with Crippen LogP contribution < -0.4 is 10.6 Å². The molecule has 1 aromatic rings. The molecule has 0 aliphatic heterocycles. The molecule has 0 saturated carbocycles. The summed E-state index contributed by atoms with van der Waals surface area (Å²) in [5.41, 5.74) is 0.0461. The maximum Gasteiger partial charge on any atom is 0.133 e. The number of nitrogens with one attached hydrogen (secondary N) is 2. The zero-order chi connectivity index (χ0) is 14.3. The van der Waals surface area contributed by atoms with Crippen molar-refractivity contribution in [1.82, 2.24) is 9.97 Å². The Labute approximate surface area is 115 Å². The quantitative estimate of drug-likeness (QED) is 0.673. The molecule has 0 aromatic carbocycles. The second-order valence-electron chi connectivity index (χ2n) is 5.55. The summed E-state index contributed by atoms with van der Waals surface area (Å²) < 4.78 is 0. The molecule has 5 nitrogen and oxygen atoms in total. The molecule has 5 heteroatoms. The number of hydrogen-bond acceptors (Lipinski definition) is 5. The minimum Gasteiger partial charge on any atom is -0.396 e. The van der Waals surface area contributed by atoms with Crippen LogP contribution in [0.4, 0.5) is 11.6 Å². The summed E-state index contributed by atoms with van der Waals surface area (Å²) >= 11 is 0. The van der Waals surface area contributed by atoms with Gasteiger partial charge >= 0.3 is 0 Å². The van der Waals surface area contributed by atoms with Gasteiger partial charge in [0.15, 0.2) is 0 Å². The molecule has 0 spiro atoms. The Bertz CT molecular complexity index is 393. The molecule has 108 valence electrons. The van der Waals surface area contributed by atoms with Gasteiger partial charge in [0.05, 0.1) is 0 Å². The molecule has 0 amide bonds. The van der Waals surface area contributed by atoms with Crippen LogP contribution in [0.2, 0.25) is 0 Å². The fourth-order valence-corrected chi connectivity index (χ4v) is 1.77. The molecule has 0 fully saturated rings. The van der Waals surface area contributed by atoms with Crippen molar-refractivity contribution >= 4 is 11.6 Å². The normalized spacial score (nSPS) is 11.4. The van der Waals surface area contributed by atoms with Gasteiger partial charge in [-0.05, 0) is 18.3 Å². The van der Waals surface area contributed by atoms with E-state index in [0.717, 1.165) is 43.3 Å². The molecule has 0 aliphatic rings. The van der Waals surface area contributed by atoms with Gasteiger partial charge in [0, 0.05) is 32.7 Å². The molecular weight excluding hydrogens is 240 g/mol. The van der Waals surface area contributed by atoms with Gasteiger partial charge in [0.1, 0.15) is 17.5 Å². The lowest BCUT2D eigenvalue weighted by molar-refractivity contribution is 0.220. The van der Waals surface area contributed by atoms with Gasteiger partial charge in [-0.15, -0.1) is 0 Å². The van der Waals surface area contributed by atoms with Crippen molar-refractivity contribution in [3.63, 3.8) is 0 Å². The van der Waals surface area contributed by atoms with Gasteiger partial charge in [0.25, 0.3) is 0 Å². The van der Waals surface area contributed by atoms with Crippen molar-refractivity contribution < 1.29 is 5.11 Å². The van der Waals surface area contributed by atoms with Crippen LogP contribution in [0.1, 0.15) is 39.4 Å². The van der Waals surface area contributed by atoms with Crippen LogP contribution in [0.15, 0.2) is 6.07 Å². The smallest absolute Gasteiger partial charge is 0.133 e. The summed E-state index contributed by atoms with van der Waals surface area (Å²) in [7, 11) is 1.86. The van der Waals surface area contributed by atoms with Gasteiger partial charge in [-0.25, -0.2) is 9.97 Å². The monoisotopic (exact) mass is 266 g/mol. The van der Waals surface area contributed by atoms with Crippen molar-refractivity contribution in [1.29, 1.82) is 0 Å². The number of anilines is 2. The Kier molecular flexibility index (Phi) is 6.02. The van der Waals surface area contributed by atoms with E-state index in [4.69, 9.17) is 5.11 Å². The van der Waals surface area contributed by atoms with E-state index in [9.17, 15) is 0 Å². The van der Waals surface area contributed by atoms with Crippen LogP contribution in [-0.4, -0.2) is 35.3 Å². The topological polar surface area (TPSA) is 70.1 Å². The van der Waals surface area contributed by atoms with Crippen LogP contribution in [-0.2, 0) is 6.42 Å². The van der Waals surface area contributed by atoms with E-state index in [1.54, 1.807) is 0 Å². The average molecular weight is 266 g/mol. The zero-order valence-corrected chi connectivity index (χ0v) is 12.5. The van der Waals surface area contributed by atoms with E-state index in [2.05, 4.69) is 41.4 Å². The molecule has 1 aromatic heterocycles. The largest absolute Gasteiger partial charge is 0.396 e. The first-order valence-electron chi connectivity index (χ1n) is 6.91. The molecule has 0 radical (unpaired) electrons. The van der Waals surface area contributed by atoms with Crippen molar-refractivity contribution in [2.75, 3.05) is 30.8 Å². The molecule has 0 saturated heterocycles. The third-order valence-electron chi connectivity index (χ3n) is 3.04. The Morgan fingerprint density at radius 3 is 2.53 bits per heavy atom. The minimum atomic E-state index is 0.0461. The van der Waals surface area contributed by atoms with E-state index in [1.165, 1.54) is 0 Å². The lowest BCUT2D eigenvalue weighted by atomic mass is 9.90. The van der Waals surface area contributed by atoms with Crippen LogP contribution in [0, 0.1) is 5.41 Å². The van der Waals surface area contributed by atoms with E-state index in [0.29, 0.717) is 0 Å². The number of rotatable bonds is 8.